The summed E-state index contributed by atoms with van der Waals surface area (Å²) in [5.74, 6) is 1.16. The molecule has 5 rings (SSSR count). The topological polar surface area (TPSA) is 75.0 Å². The van der Waals surface area contributed by atoms with Crippen molar-refractivity contribution in [2.75, 3.05) is 6.54 Å². The lowest BCUT2D eigenvalue weighted by atomic mass is 10.1. The van der Waals surface area contributed by atoms with Crippen LogP contribution in [-0.2, 0) is 4.79 Å². The molecule has 0 saturated carbocycles. The minimum atomic E-state index is -0.0541. The van der Waals surface area contributed by atoms with Crippen molar-refractivity contribution in [1.82, 2.24) is 20.0 Å². The van der Waals surface area contributed by atoms with E-state index >= 15 is 0 Å². The molecule has 140 valence electrons. The van der Waals surface area contributed by atoms with Crippen molar-refractivity contribution < 1.29 is 9.32 Å². The van der Waals surface area contributed by atoms with Gasteiger partial charge in [0.2, 0.25) is 5.91 Å². The van der Waals surface area contributed by atoms with Crippen LogP contribution in [0.4, 0.5) is 0 Å². The fraction of sp³-hybridized carbons (Fsp3) is 0.227. The Hall–Kier alpha value is -3.41. The lowest BCUT2D eigenvalue weighted by molar-refractivity contribution is -0.129. The van der Waals surface area contributed by atoms with Crippen LogP contribution in [0, 0.1) is 0 Å². The van der Waals surface area contributed by atoms with Crippen molar-refractivity contribution in [1.29, 1.82) is 0 Å². The molecular formula is C22H20N4O2. The minimum absolute atomic E-state index is 0.0266. The standard InChI is InChI=1S/C22H20N4O2/c1-14(15-6-3-2-4-7-15)26-13-16(12-20(26)27)21-24-22(28-25-21)18-8-5-9-19-17(18)10-11-23-19/h2-11,14,16,23H,12-13H2,1H3. The normalized spacial score (nSPS) is 18.1. The molecule has 0 radical (unpaired) electrons. The first-order chi connectivity index (χ1) is 13.7. The average Bonchev–Trinajstić information content (AvgIpc) is 3.47. The lowest BCUT2D eigenvalue weighted by Crippen LogP contribution is -2.28. The van der Waals surface area contributed by atoms with Crippen molar-refractivity contribution in [3.63, 3.8) is 0 Å². The molecule has 2 unspecified atom stereocenters. The number of amides is 1. The Morgan fingerprint density at radius 1 is 1.14 bits per heavy atom. The Morgan fingerprint density at radius 2 is 2.00 bits per heavy atom. The first kappa shape index (κ1) is 16.7. The molecule has 6 nitrogen and oxygen atoms in total. The third-order valence-electron chi connectivity index (χ3n) is 5.54. The van der Waals surface area contributed by atoms with E-state index in [1.807, 2.05) is 53.6 Å². The van der Waals surface area contributed by atoms with E-state index in [2.05, 4.69) is 34.2 Å². The lowest BCUT2D eigenvalue weighted by Gasteiger charge is -2.25. The van der Waals surface area contributed by atoms with E-state index in [1.54, 1.807) is 0 Å². The monoisotopic (exact) mass is 372 g/mol. The van der Waals surface area contributed by atoms with Gasteiger partial charge in [-0.2, -0.15) is 4.98 Å². The highest BCUT2D eigenvalue weighted by Crippen LogP contribution is 2.34. The Morgan fingerprint density at radius 3 is 2.86 bits per heavy atom. The third kappa shape index (κ3) is 2.78. The van der Waals surface area contributed by atoms with Crippen LogP contribution in [0.2, 0.25) is 0 Å². The number of likely N-dealkylation sites (tertiary alicyclic amines) is 1. The van der Waals surface area contributed by atoms with Crippen molar-refractivity contribution in [2.24, 2.45) is 0 Å². The number of carbonyl (C=O) groups excluding carboxylic acids is 1. The summed E-state index contributed by atoms with van der Waals surface area (Å²) in [7, 11) is 0. The second-order valence-corrected chi connectivity index (χ2v) is 7.24. The van der Waals surface area contributed by atoms with Crippen molar-refractivity contribution in [3.8, 4) is 11.5 Å². The van der Waals surface area contributed by atoms with Gasteiger partial charge in [-0.25, -0.2) is 0 Å². The molecule has 0 aliphatic carbocycles. The second kappa shape index (κ2) is 6.64. The van der Waals surface area contributed by atoms with Gasteiger partial charge in [0.25, 0.3) is 5.89 Å². The van der Waals surface area contributed by atoms with Gasteiger partial charge in [0, 0.05) is 41.5 Å². The second-order valence-electron chi connectivity index (χ2n) is 7.24. The number of benzene rings is 2. The molecule has 3 heterocycles. The summed E-state index contributed by atoms with van der Waals surface area (Å²) < 4.78 is 5.55. The van der Waals surface area contributed by atoms with Crippen LogP contribution >= 0.6 is 0 Å². The van der Waals surface area contributed by atoms with Gasteiger partial charge in [-0.3, -0.25) is 4.79 Å². The molecule has 1 aliphatic rings. The zero-order valence-corrected chi connectivity index (χ0v) is 15.5. The number of aromatic amines is 1. The molecule has 1 N–H and O–H groups in total. The van der Waals surface area contributed by atoms with Crippen molar-refractivity contribution in [2.45, 2.75) is 25.3 Å². The number of rotatable bonds is 4. The molecule has 0 bridgehead atoms. The van der Waals surface area contributed by atoms with Crippen molar-refractivity contribution >= 4 is 16.8 Å². The SMILES string of the molecule is CC(c1ccccc1)N1CC(c2noc(-c3cccc4[nH]ccc34)n2)CC1=O. The molecule has 1 saturated heterocycles. The van der Waals surface area contributed by atoms with E-state index in [1.165, 1.54) is 0 Å². The quantitative estimate of drug-likeness (QED) is 0.580. The molecule has 1 fully saturated rings. The molecule has 2 aromatic carbocycles. The number of aromatic nitrogens is 3. The van der Waals surface area contributed by atoms with Crippen LogP contribution in [0.15, 0.2) is 65.3 Å². The number of nitrogens with one attached hydrogen (secondary N) is 1. The maximum Gasteiger partial charge on any atom is 0.258 e. The van der Waals surface area contributed by atoms with Crippen LogP contribution in [0.5, 0.6) is 0 Å². The number of hydrogen-bond acceptors (Lipinski definition) is 4. The maximum absolute atomic E-state index is 12.6. The summed E-state index contributed by atoms with van der Waals surface area (Å²) in [6, 6.07) is 18.0. The van der Waals surface area contributed by atoms with Crippen LogP contribution in [0.3, 0.4) is 0 Å². The number of carbonyl (C=O) groups is 1. The Balaban J connectivity index is 1.40. The predicted octanol–water partition coefficient (Wildman–Crippen LogP) is 4.30. The number of fused-ring (bicyclic) bond motifs is 1. The molecular weight excluding hydrogens is 352 g/mol. The van der Waals surface area contributed by atoms with Gasteiger partial charge in [0.05, 0.1) is 6.04 Å². The van der Waals surface area contributed by atoms with Gasteiger partial charge < -0.3 is 14.4 Å². The Labute approximate surface area is 162 Å². The zero-order chi connectivity index (χ0) is 19.1. The van der Waals surface area contributed by atoms with E-state index in [9.17, 15) is 4.79 Å². The van der Waals surface area contributed by atoms with Crippen LogP contribution < -0.4 is 0 Å². The van der Waals surface area contributed by atoms with Crippen LogP contribution in [0.25, 0.3) is 22.4 Å². The van der Waals surface area contributed by atoms with Gasteiger partial charge in [-0.1, -0.05) is 41.6 Å². The molecule has 1 aliphatic heterocycles. The summed E-state index contributed by atoms with van der Waals surface area (Å²) in [5, 5.41) is 5.23. The molecule has 1 amide bonds. The highest BCUT2D eigenvalue weighted by atomic mass is 16.5. The summed E-state index contributed by atoms with van der Waals surface area (Å²) in [6.45, 7) is 2.66. The molecule has 4 aromatic rings. The Kier molecular flexibility index (Phi) is 3.97. The average molecular weight is 372 g/mol. The molecule has 2 atom stereocenters. The maximum atomic E-state index is 12.6. The first-order valence-corrected chi connectivity index (χ1v) is 9.45. The van der Waals surface area contributed by atoms with Gasteiger partial charge in [0.1, 0.15) is 0 Å². The third-order valence-corrected chi connectivity index (χ3v) is 5.54. The summed E-state index contributed by atoms with van der Waals surface area (Å²) in [4.78, 5) is 22.3. The number of hydrogen-bond donors (Lipinski definition) is 1. The fourth-order valence-corrected chi connectivity index (χ4v) is 3.97. The first-order valence-electron chi connectivity index (χ1n) is 9.45. The van der Waals surface area contributed by atoms with E-state index in [0.29, 0.717) is 24.7 Å². The zero-order valence-electron chi connectivity index (χ0n) is 15.5. The fourth-order valence-electron chi connectivity index (χ4n) is 3.97. The smallest absolute Gasteiger partial charge is 0.258 e. The number of nitrogens with zero attached hydrogens (tertiary/aromatic N) is 3. The Bertz CT molecular complexity index is 1130. The van der Waals surface area contributed by atoms with Gasteiger partial charge in [-0.15, -0.1) is 0 Å². The molecule has 28 heavy (non-hydrogen) atoms. The highest BCUT2D eigenvalue weighted by molar-refractivity contribution is 5.92. The highest BCUT2D eigenvalue weighted by Gasteiger charge is 2.36. The molecule has 2 aromatic heterocycles. The van der Waals surface area contributed by atoms with Gasteiger partial charge in [0.15, 0.2) is 5.82 Å². The summed E-state index contributed by atoms with van der Waals surface area (Å²) in [6.07, 6.45) is 2.30. The summed E-state index contributed by atoms with van der Waals surface area (Å²) in [5.41, 5.74) is 3.05. The van der Waals surface area contributed by atoms with E-state index in [-0.39, 0.29) is 17.9 Å². The van der Waals surface area contributed by atoms with Crippen LogP contribution in [-0.4, -0.2) is 32.5 Å². The summed E-state index contributed by atoms with van der Waals surface area (Å²) >= 11 is 0. The van der Waals surface area contributed by atoms with Crippen LogP contribution in [0.1, 0.15) is 36.7 Å². The van der Waals surface area contributed by atoms with Crippen molar-refractivity contribution in [3.05, 3.63) is 72.2 Å². The molecule has 6 heteroatoms. The predicted molar refractivity (Wildman–Crippen MR) is 106 cm³/mol. The largest absolute Gasteiger partial charge is 0.361 e. The van der Waals surface area contributed by atoms with Gasteiger partial charge >= 0.3 is 0 Å². The minimum Gasteiger partial charge on any atom is -0.361 e. The number of H-pyrrole nitrogens is 1. The van der Waals surface area contributed by atoms with E-state index < -0.39 is 0 Å². The van der Waals surface area contributed by atoms with E-state index in [0.717, 1.165) is 22.0 Å². The van der Waals surface area contributed by atoms with Gasteiger partial charge in [-0.05, 0) is 30.7 Å². The molecule has 0 spiro atoms. The van der Waals surface area contributed by atoms with E-state index in [4.69, 9.17) is 4.52 Å².